The van der Waals surface area contributed by atoms with Crippen LogP contribution in [0.25, 0.3) is 0 Å². The number of carboxylic acids is 1. The predicted octanol–water partition coefficient (Wildman–Crippen LogP) is 3.22. The summed E-state index contributed by atoms with van der Waals surface area (Å²) in [6, 6.07) is 14.4. The van der Waals surface area contributed by atoms with Crippen LogP contribution in [0.2, 0.25) is 0 Å². The van der Waals surface area contributed by atoms with Gasteiger partial charge in [0.25, 0.3) is 0 Å². The quantitative estimate of drug-likeness (QED) is 0.283. The lowest BCUT2D eigenvalue weighted by Crippen LogP contribution is -2.47. The van der Waals surface area contributed by atoms with Crippen molar-refractivity contribution in [3.8, 4) is 5.75 Å². The molecule has 0 heterocycles. The SMILES string of the molecule is CCC(CCOc1ccc(C)c(CNC(=O)[C@H](Cc2ccccc2)NC(=O)CCC(=O)O)c1)CNC. The fourth-order valence-corrected chi connectivity index (χ4v) is 3.86. The molecular weight excluding hydrogens is 458 g/mol. The highest BCUT2D eigenvalue weighted by Gasteiger charge is 2.21. The summed E-state index contributed by atoms with van der Waals surface area (Å²) in [4.78, 5) is 36.1. The highest BCUT2D eigenvalue weighted by atomic mass is 16.5. The third kappa shape index (κ3) is 10.5. The lowest BCUT2D eigenvalue weighted by molar-refractivity contribution is -0.139. The molecule has 4 N–H and O–H groups in total. The molecule has 196 valence electrons. The zero-order valence-electron chi connectivity index (χ0n) is 21.5. The first kappa shape index (κ1) is 28.8. The van der Waals surface area contributed by atoms with Gasteiger partial charge in [-0.1, -0.05) is 49.7 Å². The number of carboxylic acid groups (broad SMARTS) is 1. The molecule has 0 saturated heterocycles. The Labute approximate surface area is 213 Å². The molecule has 2 aromatic carbocycles. The van der Waals surface area contributed by atoms with Crippen molar-refractivity contribution < 1.29 is 24.2 Å². The summed E-state index contributed by atoms with van der Waals surface area (Å²) in [6.07, 6.45) is 1.89. The number of carbonyl (C=O) groups is 3. The van der Waals surface area contributed by atoms with Crippen LogP contribution in [-0.4, -0.2) is 49.1 Å². The average molecular weight is 498 g/mol. The minimum absolute atomic E-state index is 0.181. The second kappa shape index (κ2) is 15.6. The summed E-state index contributed by atoms with van der Waals surface area (Å²) < 4.78 is 5.97. The molecule has 8 heteroatoms. The number of hydrogen-bond donors (Lipinski definition) is 4. The van der Waals surface area contributed by atoms with Crippen LogP contribution >= 0.6 is 0 Å². The summed E-state index contributed by atoms with van der Waals surface area (Å²) in [6.45, 7) is 6.02. The maximum Gasteiger partial charge on any atom is 0.303 e. The molecule has 0 saturated carbocycles. The highest BCUT2D eigenvalue weighted by molar-refractivity contribution is 5.88. The third-order valence-corrected chi connectivity index (χ3v) is 6.14. The van der Waals surface area contributed by atoms with Crippen molar-refractivity contribution in [2.45, 2.75) is 58.5 Å². The summed E-state index contributed by atoms with van der Waals surface area (Å²) in [5.41, 5.74) is 2.85. The van der Waals surface area contributed by atoms with Crippen molar-refractivity contribution in [3.05, 3.63) is 65.2 Å². The molecule has 0 fully saturated rings. The number of amides is 2. The van der Waals surface area contributed by atoms with Crippen molar-refractivity contribution in [3.63, 3.8) is 0 Å². The number of rotatable bonds is 16. The molecule has 0 aliphatic carbocycles. The molecule has 2 rings (SSSR count). The van der Waals surface area contributed by atoms with Gasteiger partial charge in [-0.15, -0.1) is 0 Å². The highest BCUT2D eigenvalue weighted by Crippen LogP contribution is 2.19. The second-order valence-corrected chi connectivity index (χ2v) is 8.98. The first-order chi connectivity index (χ1) is 17.3. The van der Waals surface area contributed by atoms with Crippen LogP contribution in [0.5, 0.6) is 5.75 Å². The zero-order chi connectivity index (χ0) is 26.3. The van der Waals surface area contributed by atoms with E-state index < -0.39 is 17.9 Å². The van der Waals surface area contributed by atoms with Gasteiger partial charge in [-0.25, -0.2) is 0 Å². The number of hydrogen-bond acceptors (Lipinski definition) is 5. The van der Waals surface area contributed by atoms with Crippen LogP contribution in [0.15, 0.2) is 48.5 Å². The summed E-state index contributed by atoms with van der Waals surface area (Å²) >= 11 is 0. The molecule has 1 unspecified atom stereocenters. The minimum Gasteiger partial charge on any atom is -0.494 e. The fraction of sp³-hybridized carbons (Fsp3) is 0.464. The molecule has 2 atom stereocenters. The van der Waals surface area contributed by atoms with E-state index in [0.29, 0.717) is 18.9 Å². The van der Waals surface area contributed by atoms with Gasteiger partial charge in [0.15, 0.2) is 0 Å². The van der Waals surface area contributed by atoms with Crippen LogP contribution in [0.4, 0.5) is 0 Å². The van der Waals surface area contributed by atoms with Crippen molar-refractivity contribution in [1.29, 1.82) is 0 Å². The lowest BCUT2D eigenvalue weighted by Gasteiger charge is -2.19. The summed E-state index contributed by atoms with van der Waals surface area (Å²) in [5, 5.41) is 17.7. The molecule has 8 nitrogen and oxygen atoms in total. The molecule has 0 aliphatic heterocycles. The van der Waals surface area contributed by atoms with Crippen LogP contribution < -0.4 is 20.7 Å². The Kier molecular flexibility index (Phi) is 12.5. The average Bonchev–Trinajstić information content (AvgIpc) is 2.87. The van der Waals surface area contributed by atoms with E-state index in [1.165, 1.54) is 0 Å². The smallest absolute Gasteiger partial charge is 0.303 e. The molecular formula is C28H39N3O5. The Hall–Kier alpha value is -3.39. The largest absolute Gasteiger partial charge is 0.494 e. The Morgan fingerprint density at radius 1 is 1.06 bits per heavy atom. The van der Waals surface area contributed by atoms with Crippen LogP contribution in [0.3, 0.4) is 0 Å². The molecule has 0 bridgehead atoms. The lowest BCUT2D eigenvalue weighted by atomic mass is 10.0. The maximum atomic E-state index is 13.1. The van der Waals surface area contributed by atoms with Crippen molar-refractivity contribution in [2.24, 2.45) is 5.92 Å². The van der Waals surface area contributed by atoms with Crippen molar-refractivity contribution in [1.82, 2.24) is 16.0 Å². The van der Waals surface area contributed by atoms with Gasteiger partial charge in [0.2, 0.25) is 11.8 Å². The van der Waals surface area contributed by atoms with Gasteiger partial charge in [0, 0.05) is 19.4 Å². The third-order valence-electron chi connectivity index (χ3n) is 6.14. The molecule has 0 aliphatic rings. The number of ether oxygens (including phenoxy) is 1. The predicted molar refractivity (Wildman–Crippen MR) is 140 cm³/mol. The van der Waals surface area contributed by atoms with Crippen molar-refractivity contribution in [2.75, 3.05) is 20.2 Å². The van der Waals surface area contributed by atoms with Crippen LogP contribution in [0.1, 0.15) is 49.3 Å². The van der Waals surface area contributed by atoms with E-state index in [4.69, 9.17) is 9.84 Å². The molecule has 0 radical (unpaired) electrons. The van der Waals surface area contributed by atoms with Gasteiger partial charge >= 0.3 is 5.97 Å². The Morgan fingerprint density at radius 2 is 1.81 bits per heavy atom. The van der Waals surface area contributed by atoms with E-state index >= 15 is 0 Å². The van der Waals surface area contributed by atoms with Gasteiger partial charge in [-0.3, -0.25) is 14.4 Å². The van der Waals surface area contributed by atoms with Gasteiger partial charge in [-0.05, 0) is 61.7 Å². The second-order valence-electron chi connectivity index (χ2n) is 8.98. The first-order valence-corrected chi connectivity index (χ1v) is 12.5. The van der Waals surface area contributed by atoms with E-state index in [-0.39, 0.29) is 25.3 Å². The standard InChI is InChI=1S/C28H39N3O5/c1-4-21(18-29-3)14-15-36-24-11-10-20(2)23(17-24)19-30-28(35)25(16-22-8-6-5-7-9-22)31-26(32)12-13-27(33)34/h5-11,17,21,25,29H,4,12-16,18-19H2,1-3H3,(H,30,35)(H,31,32)(H,33,34)/t21?,25-/m0/s1. The number of carbonyl (C=O) groups excluding carboxylic acids is 2. The Balaban J connectivity index is 2.00. The van der Waals surface area contributed by atoms with Crippen LogP contribution in [-0.2, 0) is 27.3 Å². The van der Waals surface area contributed by atoms with E-state index in [9.17, 15) is 14.4 Å². The van der Waals surface area contributed by atoms with Crippen molar-refractivity contribution >= 4 is 17.8 Å². The normalized spacial score (nSPS) is 12.4. The van der Waals surface area contributed by atoms with Gasteiger partial charge < -0.3 is 25.8 Å². The molecule has 0 spiro atoms. The van der Waals surface area contributed by atoms with E-state index in [2.05, 4.69) is 22.9 Å². The Morgan fingerprint density at radius 3 is 2.47 bits per heavy atom. The number of benzene rings is 2. The van der Waals surface area contributed by atoms with Crippen LogP contribution in [0, 0.1) is 12.8 Å². The number of nitrogens with one attached hydrogen (secondary N) is 3. The van der Waals surface area contributed by atoms with Gasteiger partial charge in [0.1, 0.15) is 11.8 Å². The van der Waals surface area contributed by atoms with E-state index in [0.717, 1.165) is 41.8 Å². The fourth-order valence-electron chi connectivity index (χ4n) is 3.86. The summed E-state index contributed by atoms with van der Waals surface area (Å²) in [7, 11) is 1.95. The van der Waals surface area contributed by atoms with E-state index in [1.54, 1.807) is 0 Å². The zero-order valence-corrected chi connectivity index (χ0v) is 21.5. The Bertz CT molecular complexity index is 980. The monoisotopic (exact) mass is 497 g/mol. The summed E-state index contributed by atoms with van der Waals surface area (Å²) in [5.74, 6) is -0.535. The topological polar surface area (TPSA) is 117 Å². The number of aryl methyl sites for hydroxylation is 1. The molecule has 36 heavy (non-hydrogen) atoms. The molecule has 2 amide bonds. The first-order valence-electron chi connectivity index (χ1n) is 12.5. The molecule has 2 aromatic rings. The number of aliphatic carboxylic acids is 1. The maximum absolute atomic E-state index is 13.1. The minimum atomic E-state index is -1.06. The van der Waals surface area contributed by atoms with Gasteiger partial charge in [-0.2, -0.15) is 0 Å². The molecule has 0 aromatic heterocycles. The van der Waals surface area contributed by atoms with E-state index in [1.807, 2.05) is 62.5 Å². The van der Waals surface area contributed by atoms with Gasteiger partial charge in [0.05, 0.1) is 13.0 Å².